The van der Waals surface area contributed by atoms with Gasteiger partial charge in [0, 0.05) is 29.5 Å². The number of ether oxygens (including phenoxy) is 2. The maximum atomic E-state index is 12.3. The summed E-state index contributed by atoms with van der Waals surface area (Å²) in [4.78, 5) is 14.3. The number of fused-ring (bicyclic) bond motifs is 1. The average molecular weight is 329 g/mol. The number of aryl methyl sites for hydroxylation is 1. The minimum atomic E-state index is -0.464. The van der Waals surface area contributed by atoms with E-state index in [1.807, 2.05) is 30.3 Å². The number of carbonyl (C=O) groups excluding carboxylic acids is 1. The fraction of sp³-hybridized carbons (Fsp3) is 0.389. The van der Waals surface area contributed by atoms with Crippen molar-refractivity contribution in [1.29, 1.82) is 0 Å². The number of benzene rings is 1. The Morgan fingerprint density at radius 2 is 1.96 bits per heavy atom. The van der Waals surface area contributed by atoms with Crippen molar-refractivity contribution in [2.24, 2.45) is 0 Å². The van der Waals surface area contributed by atoms with Crippen molar-refractivity contribution in [2.75, 3.05) is 5.32 Å². The number of nitrogens with one attached hydrogen (secondary N) is 1. The van der Waals surface area contributed by atoms with Crippen molar-refractivity contribution in [1.82, 2.24) is 0 Å². The highest BCUT2D eigenvalue weighted by Gasteiger charge is 2.44. The zero-order valence-corrected chi connectivity index (χ0v) is 13.9. The Morgan fingerprint density at radius 1 is 1.17 bits per heavy atom. The molecule has 2 aliphatic rings. The Balaban J connectivity index is 1.50. The number of hydrogen-bond donors (Lipinski definition) is 1. The highest BCUT2D eigenvalue weighted by atomic mass is 32.1. The number of anilines is 1. The molecule has 0 bridgehead atoms. The highest BCUT2D eigenvalue weighted by molar-refractivity contribution is 7.14. The molecule has 1 spiro atoms. The number of rotatable bonds is 3. The van der Waals surface area contributed by atoms with Crippen LogP contribution >= 0.6 is 11.3 Å². The van der Waals surface area contributed by atoms with Crippen LogP contribution in [0.4, 0.5) is 5.69 Å². The third-order valence-corrected chi connectivity index (χ3v) is 5.62. The van der Waals surface area contributed by atoms with Crippen LogP contribution < -0.4 is 14.8 Å². The second-order valence-corrected chi connectivity index (χ2v) is 7.23. The molecular formula is C18H19NO3S. The maximum absolute atomic E-state index is 12.3. The van der Waals surface area contributed by atoms with Gasteiger partial charge < -0.3 is 14.8 Å². The summed E-state index contributed by atoms with van der Waals surface area (Å²) < 4.78 is 12.0. The third-order valence-electron chi connectivity index (χ3n) is 4.39. The number of amides is 1. The molecule has 4 nitrogen and oxygen atoms in total. The molecule has 1 saturated carbocycles. The minimum Gasteiger partial charge on any atom is -0.448 e. The molecule has 2 heterocycles. The van der Waals surface area contributed by atoms with Crippen LogP contribution in [-0.4, -0.2) is 11.7 Å². The Kier molecular flexibility index (Phi) is 3.53. The largest absolute Gasteiger partial charge is 0.448 e. The van der Waals surface area contributed by atoms with Gasteiger partial charge >= 0.3 is 0 Å². The molecule has 1 aliphatic heterocycles. The van der Waals surface area contributed by atoms with Gasteiger partial charge in [0.25, 0.3) is 11.7 Å². The van der Waals surface area contributed by atoms with Crippen LogP contribution in [0, 0.1) is 0 Å². The zero-order valence-electron chi connectivity index (χ0n) is 13.1. The molecular weight excluding hydrogens is 310 g/mol. The van der Waals surface area contributed by atoms with E-state index in [-0.39, 0.29) is 5.91 Å². The predicted octanol–water partition coefficient (Wildman–Crippen LogP) is 4.60. The molecule has 23 heavy (non-hydrogen) atoms. The van der Waals surface area contributed by atoms with E-state index in [0.717, 1.165) is 54.2 Å². The minimum absolute atomic E-state index is 0.0795. The standard InChI is InChI=1S/C18H19NO3S/c1-2-13-6-8-16(23-13)17(20)19-12-5-7-14-15(11-12)22-18(21-14)9-3-4-10-18/h5-8,11H,2-4,9-10H2,1H3,(H,19,20). The van der Waals surface area contributed by atoms with Gasteiger partial charge in [-0.25, -0.2) is 0 Å². The molecule has 5 heteroatoms. The van der Waals surface area contributed by atoms with E-state index < -0.39 is 5.79 Å². The van der Waals surface area contributed by atoms with Crippen molar-refractivity contribution < 1.29 is 14.3 Å². The molecule has 1 aliphatic carbocycles. The molecule has 120 valence electrons. The first-order valence-corrected chi connectivity index (χ1v) is 8.91. The van der Waals surface area contributed by atoms with E-state index in [2.05, 4.69) is 12.2 Å². The van der Waals surface area contributed by atoms with Gasteiger partial charge in [-0.1, -0.05) is 6.92 Å². The summed E-state index contributed by atoms with van der Waals surface area (Å²) in [5.41, 5.74) is 0.735. The van der Waals surface area contributed by atoms with Crippen LogP contribution in [0.3, 0.4) is 0 Å². The lowest BCUT2D eigenvalue weighted by Crippen LogP contribution is -2.34. The second-order valence-electron chi connectivity index (χ2n) is 6.06. The summed E-state index contributed by atoms with van der Waals surface area (Å²) in [7, 11) is 0. The van der Waals surface area contributed by atoms with E-state index in [1.54, 1.807) is 0 Å². The van der Waals surface area contributed by atoms with Gasteiger partial charge in [-0.2, -0.15) is 0 Å². The van der Waals surface area contributed by atoms with Gasteiger partial charge in [0.2, 0.25) is 0 Å². The molecule has 1 fully saturated rings. The van der Waals surface area contributed by atoms with E-state index in [0.29, 0.717) is 0 Å². The smallest absolute Gasteiger partial charge is 0.265 e. The van der Waals surface area contributed by atoms with Crippen molar-refractivity contribution in [2.45, 2.75) is 44.8 Å². The van der Waals surface area contributed by atoms with Gasteiger partial charge in [-0.3, -0.25) is 4.79 Å². The summed E-state index contributed by atoms with van der Waals surface area (Å²) in [6.07, 6.45) is 5.08. The summed E-state index contributed by atoms with van der Waals surface area (Å²) in [6.45, 7) is 2.09. The third kappa shape index (κ3) is 2.70. The maximum Gasteiger partial charge on any atom is 0.265 e. The molecule has 4 rings (SSSR count). The van der Waals surface area contributed by atoms with Crippen molar-refractivity contribution >= 4 is 22.9 Å². The lowest BCUT2D eigenvalue weighted by Gasteiger charge is -2.21. The molecule has 0 radical (unpaired) electrons. The predicted molar refractivity (Wildman–Crippen MR) is 90.5 cm³/mol. The Hall–Kier alpha value is -2.01. The number of hydrogen-bond acceptors (Lipinski definition) is 4. The van der Waals surface area contributed by atoms with Gasteiger partial charge in [-0.05, 0) is 43.5 Å². The molecule has 0 unspecified atom stereocenters. The number of carbonyl (C=O) groups is 1. The summed E-state index contributed by atoms with van der Waals surface area (Å²) >= 11 is 1.53. The Labute approximate surface area is 139 Å². The molecule has 0 saturated heterocycles. The van der Waals surface area contributed by atoms with E-state index in [9.17, 15) is 4.79 Å². The lowest BCUT2D eigenvalue weighted by molar-refractivity contribution is -0.0716. The summed E-state index contributed by atoms with van der Waals surface area (Å²) in [5.74, 6) is 0.956. The Bertz CT molecular complexity index is 746. The van der Waals surface area contributed by atoms with Crippen LogP contribution in [0.15, 0.2) is 30.3 Å². The Morgan fingerprint density at radius 3 is 2.70 bits per heavy atom. The molecule has 1 N–H and O–H groups in total. The molecule has 1 amide bonds. The van der Waals surface area contributed by atoms with E-state index in [4.69, 9.17) is 9.47 Å². The van der Waals surface area contributed by atoms with Crippen molar-refractivity contribution in [3.63, 3.8) is 0 Å². The van der Waals surface area contributed by atoms with Gasteiger partial charge in [-0.15, -0.1) is 11.3 Å². The first kappa shape index (κ1) is 14.6. The van der Waals surface area contributed by atoms with Crippen molar-refractivity contribution in [3.05, 3.63) is 40.1 Å². The van der Waals surface area contributed by atoms with Crippen LogP contribution in [0.2, 0.25) is 0 Å². The van der Waals surface area contributed by atoms with Gasteiger partial charge in [0.1, 0.15) is 0 Å². The first-order valence-electron chi connectivity index (χ1n) is 8.10. The van der Waals surface area contributed by atoms with Crippen LogP contribution in [0.5, 0.6) is 11.5 Å². The quantitative estimate of drug-likeness (QED) is 0.895. The molecule has 1 aromatic heterocycles. The van der Waals surface area contributed by atoms with Crippen LogP contribution in [-0.2, 0) is 6.42 Å². The zero-order chi connectivity index (χ0) is 15.9. The van der Waals surface area contributed by atoms with Gasteiger partial charge in [0.15, 0.2) is 11.5 Å². The molecule has 0 atom stereocenters. The monoisotopic (exact) mass is 329 g/mol. The topological polar surface area (TPSA) is 47.6 Å². The molecule has 1 aromatic carbocycles. The first-order chi connectivity index (χ1) is 11.2. The van der Waals surface area contributed by atoms with Gasteiger partial charge in [0.05, 0.1) is 4.88 Å². The SMILES string of the molecule is CCc1ccc(C(=O)Nc2ccc3c(c2)OC2(CCCC2)O3)s1. The molecule has 2 aromatic rings. The van der Waals surface area contributed by atoms with E-state index in [1.165, 1.54) is 16.2 Å². The normalized spacial score (nSPS) is 17.6. The van der Waals surface area contributed by atoms with Crippen LogP contribution in [0.1, 0.15) is 47.2 Å². The highest BCUT2D eigenvalue weighted by Crippen LogP contribution is 2.47. The van der Waals surface area contributed by atoms with E-state index >= 15 is 0 Å². The van der Waals surface area contributed by atoms with Crippen LogP contribution in [0.25, 0.3) is 0 Å². The summed E-state index contributed by atoms with van der Waals surface area (Å²) in [6, 6.07) is 9.48. The fourth-order valence-electron chi connectivity index (χ4n) is 3.17. The second kappa shape index (κ2) is 5.57. The van der Waals surface area contributed by atoms with Crippen molar-refractivity contribution in [3.8, 4) is 11.5 Å². The fourth-order valence-corrected chi connectivity index (χ4v) is 4.01. The average Bonchev–Trinajstić information content (AvgIpc) is 3.26. The number of thiophene rings is 1. The summed E-state index contributed by atoms with van der Waals surface area (Å²) in [5, 5.41) is 2.94. The lowest BCUT2D eigenvalue weighted by atomic mass is 10.2.